The van der Waals surface area contributed by atoms with Gasteiger partial charge < -0.3 is 10.1 Å². The Morgan fingerprint density at radius 1 is 1.28 bits per heavy atom. The molecule has 0 saturated carbocycles. The summed E-state index contributed by atoms with van der Waals surface area (Å²) in [7, 11) is 0. The van der Waals surface area contributed by atoms with Crippen LogP contribution in [0.5, 0.6) is 0 Å². The molecule has 5 rings (SSSR count). The molecule has 4 heterocycles. The molecule has 1 aromatic carbocycles. The van der Waals surface area contributed by atoms with Crippen LogP contribution in [0.25, 0.3) is 0 Å². The fourth-order valence-corrected chi connectivity index (χ4v) is 5.75. The maximum absolute atomic E-state index is 13.6. The zero-order valence-corrected chi connectivity index (χ0v) is 17.2. The van der Waals surface area contributed by atoms with E-state index in [9.17, 15) is 14.4 Å². The van der Waals surface area contributed by atoms with Gasteiger partial charge in [-0.05, 0) is 24.8 Å². The predicted molar refractivity (Wildman–Crippen MR) is 106 cm³/mol. The van der Waals surface area contributed by atoms with Crippen LogP contribution in [0.1, 0.15) is 32.3 Å². The number of carbonyl (C=O) groups excluding carboxylic acids is 3. The molecule has 5 unspecified atom stereocenters. The number of nitrogens with one attached hydrogen (secondary N) is 2. The van der Waals surface area contributed by atoms with Crippen molar-refractivity contribution in [2.24, 2.45) is 17.8 Å². The lowest BCUT2D eigenvalue weighted by Crippen LogP contribution is -2.54. The van der Waals surface area contributed by atoms with Gasteiger partial charge in [0.25, 0.3) is 0 Å². The van der Waals surface area contributed by atoms with Gasteiger partial charge in [0.1, 0.15) is 5.54 Å². The summed E-state index contributed by atoms with van der Waals surface area (Å²) >= 11 is 6.32. The van der Waals surface area contributed by atoms with E-state index < -0.39 is 17.4 Å². The van der Waals surface area contributed by atoms with Gasteiger partial charge in [-0.15, -0.1) is 0 Å². The number of ether oxygens (including phenoxy) is 1. The molecule has 0 radical (unpaired) electrons. The van der Waals surface area contributed by atoms with Crippen molar-refractivity contribution in [1.82, 2.24) is 10.2 Å². The van der Waals surface area contributed by atoms with Crippen LogP contribution in [0.2, 0.25) is 5.02 Å². The molecule has 4 aliphatic heterocycles. The highest BCUT2D eigenvalue weighted by Crippen LogP contribution is 2.55. The van der Waals surface area contributed by atoms with Gasteiger partial charge in [-0.1, -0.05) is 37.6 Å². The van der Waals surface area contributed by atoms with Crippen molar-refractivity contribution >= 4 is 35.0 Å². The number of likely N-dealkylation sites (tertiary alicyclic amines) is 1. The summed E-state index contributed by atoms with van der Waals surface area (Å²) in [5.74, 6) is -2.13. The first-order valence-electron chi connectivity index (χ1n) is 10.2. The number of imide groups is 1. The number of hydrogen-bond acceptors (Lipinski definition) is 5. The zero-order valence-electron chi connectivity index (χ0n) is 16.4. The van der Waals surface area contributed by atoms with E-state index in [1.807, 2.05) is 19.9 Å². The van der Waals surface area contributed by atoms with E-state index in [-0.39, 0.29) is 42.3 Å². The molecule has 3 saturated heterocycles. The number of nitrogens with zero attached hydrogens (tertiary/aromatic N) is 1. The second-order valence-corrected chi connectivity index (χ2v) is 9.17. The molecular weight excluding hydrogens is 394 g/mol. The monoisotopic (exact) mass is 417 g/mol. The highest BCUT2D eigenvalue weighted by atomic mass is 35.5. The number of para-hydroxylation sites is 1. The fourth-order valence-electron chi connectivity index (χ4n) is 5.53. The van der Waals surface area contributed by atoms with Crippen LogP contribution in [0.4, 0.5) is 5.69 Å². The Morgan fingerprint density at radius 2 is 2.07 bits per heavy atom. The van der Waals surface area contributed by atoms with Crippen molar-refractivity contribution in [2.75, 3.05) is 18.5 Å². The molecule has 29 heavy (non-hydrogen) atoms. The van der Waals surface area contributed by atoms with Gasteiger partial charge in [-0.25, -0.2) is 0 Å². The molecule has 2 N–H and O–H groups in total. The topological polar surface area (TPSA) is 87.7 Å². The first kappa shape index (κ1) is 19.0. The Labute approximate surface area is 174 Å². The van der Waals surface area contributed by atoms with Crippen molar-refractivity contribution in [3.8, 4) is 0 Å². The van der Waals surface area contributed by atoms with E-state index in [4.69, 9.17) is 16.3 Å². The van der Waals surface area contributed by atoms with Crippen molar-refractivity contribution in [3.05, 3.63) is 28.8 Å². The van der Waals surface area contributed by atoms with Gasteiger partial charge in [0.2, 0.25) is 17.7 Å². The molecule has 8 heteroatoms. The summed E-state index contributed by atoms with van der Waals surface area (Å²) in [5.41, 5.74) is -0.112. The fraction of sp³-hybridized carbons (Fsp3) is 0.571. The maximum Gasteiger partial charge on any atom is 0.250 e. The molecule has 3 fully saturated rings. The van der Waals surface area contributed by atoms with E-state index in [0.717, 1.165) is 12.8 Å². The van der Waals surface area contributed by atoms with Gasteiger partial charge in [0.05, 0.1) is 35.2 Å². The summed E-state index contributed by atoms with van der Waals surface area (Å²) in [5, 5.41) is 6.68. The maximum atomic E-state index is 13.6. The van der Waals surface area contributed by atoms with Crippen molar-refractivity contribution in [3.63, 3.8) is 0 Å². The molecule has 7 nitrogen and oxygen atoms in total. The van der Waals surface area contributed by atoms with E-state index in [2.05, 4.69) is 10.6 Å². The van der Waals surface area contributed by atoms with Gasteiger partial charge in [0.15, 0.2) is 0 Å². The largest absolute Gasteiger partial charge is 0.376 e. The van der Waals surface area contributed by atoms with Gasteiger partial charge >= 0.3 is 0 Å². The quantitative estimate of drug-likeness (QED) is 0.733. The molecule has 1 aromatic rings. The Kier molecular flexibility index (Phi) is 4.28. The molecule has 1 spiro atoms. The Bertz CT molecular complexity index is 913. The summed E-state index contributed by atoms with van der Waals surface area (Å²) in [6.45, 7) is 4.91. The molecule has 154 valence electrons. The van der Waals surface area contributed by atoms with Gasteiger partial charge in [-0.2, -0.15) is 0 Å². The summed E-state index contributed by atoms with van der Waals surface area (Å²) in [6.07, 6.45) is 1.65. The number of fused-ring (bicyclic) bond motifs is 4. The third-order valence-electron chi connectivity index (χ3n) is 6.85. The highest BCUT2D eigenvalue weighted by Gasteiger charge is 2.70. The van der Waals surface area contributed by atoms with Gasteiger partial charge in [-0.3, -0.25) is 24.6 Å². The summed E-state index contributed by atoms with van der Waals surface area (Å²) in [4.78, 5) is 41.5. The molecule has 3 amide bonds. The number of benzene rings is 1. The minimum absolute atomic E-state index is 0.0670. The van der Waals surface area contributed by atoms with Crippen LogP contribution in [0, 0.1) is 17.8 Å². The van der Waals surface area contributed by atoms with Gasteiger partial charge in [0, 0.05) is 18.2 Å². The van der Waals surface area contributed by atoms with E-state index in [1.54, 1.807) is 12.1 Å². The highest BCUT2D eigenvalue weighted by molar-refractivity contribution is 6.35. The van der Waals surface area contributed by atoms with Crippen LogP contribution in [-0.4, -0.2) is 47.9 Å². The van der Waals surface area contributed by atoms with E-state index in [0.29, 0.717) is 22.9 Å². The predicted octanol–water partition coefficient (Wildman–Crippen LogP) is 1.90. The second-order valence-electron chi connectivity index (χ2n) is 8.76. The van der Waals surface area contributed by atoms with E-state index >= 15 is 0 Å². The second kappa shape index (κ2) is 6.52. The zero-order chi connectivity index (χ0) is 20.5. The SMILES string of the molecule is CC(C)C1NC2(C(=O)Nc3c(Cl)cccc32)C2C(=O)N(CC3CCCO3)C(=O)C12. The lowest BCUT2D eigenvalue weighted by Gasteiger charge is -2.30. The summed E-state index contributed by atoms with van der Waals surface area (Å²) < 4.78 is 5.66. The standard InChI is InChI=1S/C21H24ClN3O4/c1-10(2)16-14-15(19(27)25(18(14)26)9-11-5-4-8-29-11)21(24-16)12-6-3-7-13(22)17(12)23-20(21)28/h3,6-7,10-11,14-16,24H,4-5,8-9H2,1-2H3,(H,23,28). The Morgan fingerprint density at radius 3 is 2.76 bits per heavy atom. The van der Waals surface area contributed by atoms with Crippen LogP contribution in [0.3, 0.4) is 0 Å². The molecular formula is C21H24ClN3O4. The normalized spacial score (nSPS) is 35.7. The average Bonchev–Trinajstić information content (AvgIpc) is 3.42. The number of hydrogen-bond donors (Lipinski definition) is 2. The van der Waals surface area contributed by atoms with Crippen molar-refractivity contribution < 1.29 is 19.1 Å². The Balaban J connectivity index is 1.61. The third-order valence-corrected chi connectivity index (χ3v) is 7.17. The molecule has 5 atom stereocenters. The molecule has 0 aromatic heterocycles. The number of carbonyl (C=O) groups is 3. The lowest BCUT2D eigenvalue weighted by molar-refractivity contribution is -0.144. The smallest absolute Gasteiger partial charge is 0.250 e. The number of anilines is 1. The van der Waals surface area contributed by atoms with Crippen LogP contribution in [0.15, 0.2) is 18.2 Å². The van der Waals surface area contributed by atoms with Crippen LogP contribution < -0.4 is 10.6 Å². The minimum Gasteiger partial charge on any atom is -0.376 e. The molecule has 0 aliphatic carbocycles. The third kappa shape index (κ3) is 2.47. The van der Waals surface area contributed by atoms with E-state index in [1.165, 1.54) is 4.90 Å². The average molecular weight is 418 g/mol. The first-order chi connectivity index (χ1) is 13.9. The van der Waals surface area contributed by atoms with Crippen LogP contribution >= 0.6 is 11.6 Å². The number of rotatable bonds is 3. The van der Waals surface area contributed by atoms with Crippen LogP contribution in [-0.2, 0) is 24.7 Å². The molecule has 4 aliphatic rings. The lowest BCUT2D eigenvalue weighted by atomic mass is 9.76. The Hall–Kier alpha value is -1.96. The number of halogens is 1. The van der Waals surface area contributed by atoms with Crippen molar-refractivity contribution in [1.29, 1.82) is 0 Å². The number of amides is 3. The van der Waals surface area contributed by atoms with Crippen molar-refractivity contribution in [2.45, 2.75) is 44.4 Å². The first-order valence-corrected chi connectivity index (χ1v) is 10.6. The summed E-state index contributed by atoms with van der Waals surface area (Å²) in [6, 6.07) is 5.00. The minimum atomic E-state index is -1.28. The molecule has 0 bridgehead atoms.